The smallest absolute Gasteiger partial charge is 0.328 e. The molecule has 0 radical (unpaired) electrons. The van der Waals surface area contributed by atoms with E-state index in [4.69, 9.17) is 14.9 Å². The van der Waals surface area contributed by atoms with Gasteiger partial charge in [0, 0.05) is 12.8 Å². The summed E-state index contributed by atoms with van der Waals surface area (Å²) in [4.78, 5) is 47.6. The van der Waals surface area contributed by atoms with E-state index in [1.54, 1.807) is 0 Å². The molecule has 0 saturated heterocycles. The third kappa shape index (κ3) is 38.2. The maximum Gasteiger partial charge on any atom is 0.328 e. The SMILES string of the molecule is CCCCCCC/C=C\C/C=C\CCCCCC(CCCCCCCC(=O)NCC(=O)NC(CO)C(=O)O)OC(=O)CCCCCCCCCCCCCCC. The van der Waals surface area contributed by atoms with Gasteiger partial charge in [0.25, 0.3) is 0 Å². The van der Waals surface area contributed by atoms with Crippen LogP contribution < -0.4 is 10.6 Å². The van der Waals surface area contributed by atoms with Crippen LogP contribution in [0.5, 0.6) is 0 Å². The third-order valence-electron chi connectivity index (χ3n) is 10.5. The minimum Gasteiger partial charge on any atom is -0.480 e. The fourth-order valence-corrected chi connectivity index (χ4v) is 6.86. The maximum atomic E-state index is 12.8. The molecule has 0 aromatic heterocycles. The molecule has 9 heteroatoms. The molecule has 2 atom stereocenters. The minimum atomic E-state index is -1.38. The highest BCUT2D eigenvalue weighted by Gasteiger charge is 2.19. The zero-order chi connectivity index (χ0) is 41.2. The van der Waals surface area contributed by atoms with Gasteiger partial charge in [-0.15, -0.1) is 0 Å². The number of hydrogen-bond donors (Lipinski definition) is 4. The summed E-state index contributed by atoms with van der Waals surface area (Å²) >= 11 is 0. The number of carbonyl (C=O) groups excluding carboxylic acids is 3. The average Bonchev–Trinajstić information content (AvgIpc) is 3.18. The standard InChI is InChI=1S/C47H86N2O7/c1-3-5-7-9-11-13-15-17-18-20-21-23-25-28-32-36-42(56-46(53)39-35-31-26-24-22-19-16-14-12-10-8-6-4-2)37-33-29-27-30-34-38-44(51)48-40-45(52)49-43(41-50)47(54)55/h15,17,20-21,42-43,50H,3-14,16,18-19,22-41H2,1-2H3,(H,48,51)(H,49,52)(H,54,55)/b17-15-,21-20-. The number of rotatable bonds is 42. The molecule has 0 bridgehead atoms. The summed E-state index contributed by atoms with van der Waals surface area (Å²) < 4.78 is 6.03. The van der Waals surface area contributed by atoms with Crippen LogP contribution in [0.3, 0.4) is 0 Å². The first-order chi connectivity index (χ1) is 27.3. The summed E-state index contributed by atoms with van der Waals surface area (Å²) in [7, 11) is 0. The number of hydrogen-bond acceptors (Lipinski definition) is 6. The number of esters is 1. The zero-order valence-electron chi connectivity index (χ0n) is 36.1. The largest absolute Gasteiger partial charge is 0.480 e. The number of ether oxygens (including phenoxy) is 1. The molecule has 0 aliphatic carbocycles. The van der Waals surface area contributed by atoms with Crippen molar-refractivity contribution in [2.45, 2.75) is 238 Å². The van der Waals surface area contributed by atoms with Crippen LogP contribution in [0.4, 0.5) is 0 Å². The van der Waals surface area contributed by atoms with Crippen LogP contribution in [-0.2, 0) is 23.9 Å². The first kappa shape index (κ1) is 53.3. The molecule has 2 amide bonds. The van der Waals surface area contributed by atoms with Gasteiger partial charge in [-0.25, -0.2) is 4.79 Å². The van der Waals surface area contributed by atoms with Crippen molar-refractivity contribution in [1.29, 1.82) is 0 Å². The molecule has 0 fully saturated rings. The van der Waals surface area contributed by atoms with E-state index >= 15 is 0 Å². The molecule has 0 aliphatic rings. The van der Waals surface area contributed by atoms with E-state index < -0.39 is 24.5 Å². The fourth-order valence-electron chi connectivity index (χ4n) is 6.86. The highest BCUT2D eigenvalue weighted by molar-refractivity contribution is 5.87. The number of carboxylic acid groups (broad SMARTS) is 1. The van der Waals surface area contributed by atoms with Gasteiger partial charge >= 0.3 is 11.9 Å². The number of nitrogens with one attached hydrogen (secondary N) is 2. The molecule has 0 aromatic rings. The molecule has 0 spiro atoms. The summed E-state index contributed by atoms with van der Waals surface area (Å²) in [6.45, 7) is 3.48. The van der Waals surface area contributed by atoms with Crippen LogP contribution in [0.15, 0.2) is 24.3 Å². The second-order valence-corrected chi connectivity index (χ2v) is 15.8. The lowest BCUT2D eigenvalue weighted by Gasteiger charge is -2.18. The van der Waals surface area contributed by atoms with Crippen molar-refractivity contribution in [2.24, 2.45) is 0 Å². The number of aliphatic hydroxyl groups is 1. The Hall–Kier alpha value is -2.68. The van der Waals surface area contributed by atoms with Crippen molar-refractivity contribution < 1.29 is 34.1 Å². The molecule has 4 N–H and O–H groups in total. The molecule has 0 aromatic carbocycles. The lowest BCUT2D eigenvalue weighted by Crippen LogP contribution is -2.47. The van der Waals surface area contributed by atoms with Gasteiger partial charge in [-0.1, -0.05) is 167 Å². The van der Waals surface area contributed by atoms with Crippen molar-refractivity contribution in [3.8, 4) is 0 Å². The van der Waals surface area contributed by atoms with Crippen molar-refractivity contribution in [1.82, 2.24) is 10.6 Å². The quantitative estimate of drug-likeness (QED) is 0.0274. The number of unbranched alkanes of at least 4 members (excludes halogenated alkanes) is 24. The van der Waals surface area contributed by atoms with Gasteiger partial charge in [0.1, 0.15) is 12.1 Å². The summed E-state index contributed by atoms with van der Waals surface area (Å²) in [5, 5.41) is 22.6. The van der Waals surface area contributed by atoms with Crippen LogP contribution >= 0.6 is 0 Å². The Morgan fingerprint density at radius 3 is 1.45 bits per heavy atom. The molecule has 0 rings (SSSR count). The van der Waals surface area contributed by atoms with Crippen molar-refractivity contribution in [3.05, 3.63) is 24.3 Å². The predicted molar refractivity (Wildman–Crippen MR) is 232 cm³/mol. The Bertz CT molecular complexity index is 999. The second-order valence-electron chi connectivity index (χ2n) is 15.8. The van der Waals surface area contributed by atoms with Crippen LogP contribution in [-0.4, -0.2) is 59.3 Å². The maximum absolute atomic E-state index is 12.8. The Labute approximate surface area is 343 Å². The lowest BCUT2D eigenvalue weighted by molar-refractivity contribution is -0.150. The monoisotopic (exact) mass is 791 g/mol. The number of aliphatic hydroxyl groups excluding tert-OH is 1. The number of carbonyl (C=O) groups is 4. The highest BCUT2D eigenvalue weighted by atomic mass is 16.5. The number of allylic oxidation sites excluding steroid dienone is 4. The average molecular weight is 791 g/mol. The zero-order valence-corrected chi connectivity index (χ0v) is 36.1. The van der Waals surface area contributed by atoms with Gasteiger partial charge in [0.15, 0.2) is 0 Å². The normalized spacial score (nSPS) is 12.6. The van der Waals surface area contributed by atoms with E-state index in [9.17, 15) is 19.2 Å². The Balaban J connectivity index is 4.36. The summed E-state index contributed by atoms with van der Waals surface area (Å²) in [5.41, 5.74) is 0. The summed E-state index contributed by atoms with van der Waals surface area (Å²) in [5.74, 6) is -2.30. The van der Waals surface area contributed by atoms with Crippen LogP contribution in [0.25, 0.3) is 0 Å². The van der Waals surface area contributed by atoms with E-state index in [0.29, 0.717) is 19.3 Å². The fraction of sp³-hybridized carbons (Fsp3) is 0.830. The van der Waals surface area contributed by atoms with Gasteiger partial charge in [-0.3, -0.25) is 14.4 Å². The molecule has 0 saturated carbocycles. The van der Waals surface area contributed by atoms with Crippen LogP contribution in [0.2, 0.25) is 0 Å². The van der Waals surface area contributed by atoms with E-state index in [-0.39, 0.29) is 24.5 Å². The topological polar surface area (TPSA) is 142 Å². The van der Waals surface area contributed by atoms with E-state index in [1.807, 2.05) is 0 Å². The number of amides is 2. The van der Waals surface area contributed by atoms with Gasteiger partial charge in [0.05, 0.1) is 13.2 Å². The van der Waals surface area contributed by atoms with E-state index in [0.717, 1.165) is 83.5 Å². The molecular weight excluding hydrogens is 705 g/mol. The molecule has 326 valence electrons. The van der Waals surface area contributed by atoms with Crippen LogP contribution in [0.1, 0.15) is 226 Å². The number of aliphatic carboxylic acids is 1. The van der Waals surface area contributed by atoms with Crippen molar-refractivity contribution >= 4 is 23.8 Å². The van der Waals surface area contributed by atoms with Gasteiger partial charge in [-0.05, 0) is 70.6 Å². The Kier molecular flexibility index (Phi) is 39.9. The second kappa shape index (κ2) is 41.9. The molecule has 56 heavy (non-hydrogen) atoms. The summed E-state index contributed by atoms with van der Waals surface area (Å²) in [6, 6.07) is -1.38. The third-order valence-corrected chi connectivity index (χ3v) is 10.5. The van der Waals surface area contributed by atoms with Crippen molar-refractivity contribution in [3.63, 3.8) is 0 Å². The van der Waals surface area contributed by atoms with E-state index in [1.165, 1.54) is 109 Å². The number of carboxylic acids is 1. The molecule has 2 unspecified atom stereocenters. The minimum absolute atomic E-state index is 0.0318. The summed E-state index contributed by atoms with van der Waals surface area (Å²) in [6.07, 6.45) is 46.3. The highest BCUT2D eigenvalue weighted by Crippen LogP contribution is 2.19. The first-order valence-corrected chi connectivity index (χ1v) is 23.2. The van der Waals surface area contributed by atoms with Gasteiger partial charge < -0.3 is 25.6 Å². The molecule has 9 nitrogen and oxygen atoms in total. The van der Waals surface area contributed by atoms with Gasteiger partial charge in [-0.2, -0.15) is 0 Å². The first-order valence-electron chi connectivity index (χ1n) is 23.2. The van der Waals surface area contributed by atoms with Gasteiger partial charge in [0.2, 0.25) is 11.8 Å². The van der Waals surface area contributed by atoms with Crippen molar-refractivity contribution in [2.75, 3.05) is 13.2 Å². The Morgan fingerprint density at radius 2 is 0.964 bits per heavy atom. The lowest BCUT2D eigenvalue weighted by atomic mass is 10.0. The molecule has 0 aliphatic heterocycles. The predicted octanol–water partition coefficient (Wildman–Crippen LogP) is 11.6. The molecular formula is C47H86N2O7. The Morgan fingerprint density at radius 1 is 0.536 bits per heavy atom. The molecule has 0 heterocycles. The van der Waals surface area contributed by atoms with Crippen LogP contribution in [0, 0.1) is 0 Å². The van der Waals surface area contributed by atoms with E-state index in [2.05, 4.69) is 48.8 Å².